The Morgan fingerprint density at radius 2 is 2.15 bits per heavy atom. The smallest absolute Gasteiger partial charge is 0.149 e. The molecule has 0 saturated heterocycles. The quantitative estimate of drug-likeness (QED) is 0.492. The summed E-state index contributed by atoms with van der Waals surface area (Å²) < 4.78 is 5.79. The second-order valence-electron chi connectivity index (χ2n) is 5.18. The molecule has 20 heavy (non-hydrogen) atoms. The number of ether oxygens (including phenoxy) is 1. The molecule has 0 spiro atoms. The van der Waals surface area contributed by atoms with E-state index in [0.717, 1.165) is 31.2 Å². The molecule has 3 nitrogen and oxygen atoms in total. The van der Waals surface area contributed by atoms with Crippen molar-refractivity contribution in [2.24, 2.45) is 0 Å². The van der Waals surface area contributed by atoms with Gasteiger partial charge in [-0.3, -0.25) is 0 Å². The summed E-state index contributed by atoms with van der Waals surface area (Å²) in [4.78, 5) is 0. The number of aryl methyl sites for hydroxylation is 1. The lowest BCUT2D eigenvalue weighted by molar-refractivity contribution is 0.365. The molecular weight excluding hydrogens is 250 g/mol. The van der Waals surface area contributed by atoms with Crippen LogP contribution in [0.1, 0.15) is 49.8 Å². The number of allylic oxidation sites excluding steroid dienone is 2. The highest BCUT2D eigenvalue weighted by atomic mass is 16.5. The third-order valence-corrected chi connectivity index (χ3v) is 3.81. The van der Waals surface area contributed by atoms with Gasteiger partial charge in [-0.25, -0.2) is 0 Å². The number of phenols is 1. The van der Waals surface area contributed by atoms with Crippen LogP contribution >= 0.6 is 0 Å². The molecule has 1 aliphatic carbocycles. The summed E-state index contributed by atoms with van der Waals surface area (Å²) in [5.41, 5.74) is 9.51. The fourth-order valence-electron chi connectivity index (χ4n) is 2.66. The van der Waals surface area contributed by atoms with Crippen LogP contribution in [0.4, 0.5) is 5.69 Å². The molecule has 0 aliphatic heterocycles. The number of rotatable bonds is 4. The van der Waals surface area contributed by atoms with Crippen LogP contribution < -0.4 is 5.73 Å². The van der Waals surface area contributed by atoms with Gasteiger partial charge in [-0.05, 0) is 55.9 Å². The van der Waals surface area contributed by atoms with Gasteiger partial charge in [-0.2, -0.15) is 0 Å². The van der Waals surface area contributed by atoms with Gasteiger partial charge in [0.25, 0.3) is 0 Å². The van der Waals surface area contributed by atoms with Crippen LogP contribution in [-0.2, 0) is 17.6 Å². The van der Waals surface area contributed by atoms with E-state index in [1.54, 1.807) is 0 Å². The van der Waals surface area contributed by atoms with E-state index in [9.17, 15) is 5.11 Å². The molecule has 0 amide bonds. The number of aromatic hydroxyl groups is 1. The number of benzene rings is 1. The maximum atomic E-state index is 10.4. The van der Waals surface area contributed by atoms with E-state index < -0.39 is 0 Å². The Morgan fingerprint density at radius 3 is 2.80 bits per heavy atom. The van der Waals surface area contributed by atoms with Crippen LogP contribution in [-0.4, -0.2) is 5.11 Å². The third-order valence-electron chi connectivity index (χ3n) is 3.81. The average Bonchev–Trinajstić information content (AvgIpc) is 2.46. The molecule has 0 unspecified atom stereocenters. The van der Waals surface area contributed by atoms with Gasteiger partial charge in [0.2, 0.25) is 0 Å². The number of hydrogen-bond donors (Lipinski definition) is 2. The highest BCUT2D eigenvalue weighted by molar-refractivity contribution is 5.77. The summed E-state index contributed by atoms with van der Waals surface area (Å²) >= 11 is 0. The van der Waals surface area contributed by atoms with Crippen molar-refractivity contribution in [2.75, 3.05) is 5.73 Å². The van der Waals surface area contributed by atoms with Crippen molar-refractivity contribution in [3.63, 3.8) is 0 Å². The Kier molecular flexibility index (Phi) is 4.38. The van der Waals surface area contributed by atoms with E-state index in [-0.39, 0.29) is 5.75 Å². The van der Waals surface area contributed by atoms with Crippen molar-refractivity contribution < 1.29 is 9.84 Å². The third kappa shape index (κ3) is 2.67. The Morgan fingerprint density at radius 1 is 1.45 bits per heavy atom. The molecule has 0 atom stereocenters. The van der Waals surface area contributed by atoms with E-state index in [2.05, 4.69) is 6.58 Å². The molecular formula is C17H23NO2. The summed E-state index contributed by atoms with van der Waals surface area (Å²) in [6, 6.07) is 1.90. The summed E-state index contributed by atoms with van der Waals surface area (Å²) in [6.07, 6.45) is 6.88. The molecule has 0 saturated carbocycles. The molecule has 0 heterocycles. The first-order chi connectivity index (χ1) is 9.58. The van der Waals surface area contributed by atoms with Crippen molar-refractivity contribution in [3.8, 4) is 5.75 Å². The standard InChI is InChI=1S/C17H23NO2/c1-4-11(3)20-15(5-2)16-13-9-7-6-8-12(13)10-14(18)17(16)19/h5,10,19H,3-4,6-9,18H2,1-2H3/b15-5-. The minimum atomic E-state index is 0.127. The maximum Gasteiger partial charge on any atom is 0.149 e. The molecule has 3 N–H and O–H groups in total. The molecule has 1 aliphatic rings. The summed E-state index contributed by atoms with van der Waals surface area (Å²) in [7, 11) is 0. The lowest BCUT2D eigenvalue weighted by Gasteiger charge is -2.23. The molecule has 108 valence electrons. The zero-order valence-electron chi connectivity index (χ0n) is 12.3. The molecule has 0 radical (unpaired) electrons. The van der Waals surface area contributed by atoms with Crippen molar-refractivity contribution in [1.82, 2.24) is 0 Å². The number of phenolic OH excluding ortho intramolecular Hbond substituents is 1. The van der Waals surface area contributed by atoms with Gasteiger partial charge in [0.1, 0.15) is 11.5 Å². The first-order valence-electron chi connectivity index (χ1n) is 7.24. The van der Waals surface area contributed by atoms with E-state index in [1.165, 1.54) is 17.5 Å². The van der Waals surface area contributed by atoms with Crippen molar-refractivity contribution in [3.05, 3.63) is 41.2 Å². The lowest BCUT2D eigenvalue weighted by Crippen LogP contribution is -2.09. The molecule has 1 aromatic rings. The van der Waals surface area contributed by atoms with Gasteiger partial charge < -0.3 is 15.6 Å². The molecule has 3 heteroatoms. The fraction of sp³-hybridized carbons (Fsp3) is 0.412. The zero-order valence-corrected chi connectivity index (χ0v) is 12.3. The van der Waals surface area contributed by atoms with Crippen molar-refractivity contribution >= 4 is 11.4 Å². The summed E-state index contributed by atoms with van der Waals surface area (Å²) in [5.74, 6) is 1.46. The predicted octanol–water partition coefficient (Wildman–Crippen LogP) is 4.15. The van der Waals surface area contributed by atoms with Crippen LogP contribution in [0, 0.1) is 0 Å². The van der Waals surface area contributed by atoms with E-state index in [4.69, 9.17) is 10.5 Å². The summed E-state index contributed by atoms with van der Waals surface area (Å²) in [5, 5.41) is 10.4. The van der Waals surface area contributed by atoms with Gasteiger partial charge in [0.15, 0.2) is 0 Å². The highest BCUT2D eigenvalue weighted by Crippen LogP contribution is 2.40. The number of nitrogens with two attached hydrogens (primary N) is 1. The monoisotopic (exact) mass is 273 g/mol. The Balaban J connectivity index is 2.53. The van der Waals surface area contributed by atoms with E-state index >= 15 is 0 Å². The average molecular weight is 273 g/mol. The Labute approximate surface area is 120 Å². The predicted molar refractivity (Wildman–Crippen MR) is 83.3 cm³/mol. The van der Waals surface area contributed by atoms with Crippen LogP contribution in [0.3, 0.4) is 0 Å². The first kappa shape index (κ1) is 14.5. The van der Waals surface area contributed by atoms with Crippen LogP contribution in [0.5, 0.6) is 5.75 Å². The molecule has 1 aromatic carbocycles. The van der Waals surface area contributed by atoms with E-state index in [0.29, 0.717) is 17.2 Å². The number of nitrogen functional groups attached to an aromatic ring is 1. The van der Waals surface area contributed by atoms with E-state index in [1.807, 2.05) is 26.0 Å². The first-order valence-corrected chi connectivity index (χ1v) is 7.24. The topological polar surface area (TPSA) is 55.5 Å². The van der Waals surface area contributed by atoms with Crippen LogP contribution in [0.25, 0.3) is 5.76 Å². The van der Waals surface area contributed by atoms with Gasteiger partial charge in [-0.15, -0.1) is 0 Å². The molecule has 0 fully saturated rings. The second-order valence-corrected chi connectivity index (χ2v) is 5.18. The minimum absolute atomic E-state index is 0.127. The number of hydrogen-bond acceptors (Lipinski definition) is 3. The molecule has 0 aromatic heterocycles. The Hall–Kier alpha value is -1.90. The van der Waals surface area contributed by atoms with Gasteiger partial charge in [-0.1, -0.05) is 13.5 Å². The summed E-state index contributed by atoms with van der Waals surface area (Å²) in [6.45, 7) is 7.76. The van der Waals surface area contributed by atoms with Crippen LogP contribution in [0.2, 0.25) is 0 Å². The zero-order chi connectivity index (χ0) is 14.7. The number of anilines is 1. The fourth-order valence-corrected chi connectivity index (χ4v) is 2.66. The SMILES string of the molecule is C=C(CC)O/C(=C\C)c1c(O)c(N)cc2c1CCCC2. The largest absolute Gasteiger partial charge is 0.505 e. The normalized spacial score (nSPS) is 14.8. The lowest BCUT2D eigenvalue weighted by atomic mass is 9.86. The molecule has 0 bridgehead atoms. The van der Waals surface area contributed by atoms with Crippen molar-refractivity contribution in [1.29, 1.82) is 0 Å². The van der Waals surface area contributed by atoms with Gasteiger partial charge in [0.05, 0.1) is 17.0 Å². The van der Waals surface area contributed by atoms with Crippen LogP contribution in [0.15, 0.2) is 24.5 Å². The number of fused-ring (bicyclic) bond motifs is 1. The minimum Gasteiger partial charge on any atom is -0.505 e. The Bertz CT molecular complexity index is 559. The maximum absolute atomic E-state index is 10.4. The van der Waals surface area contributed by atoms with Gasteiger partial charge in [0, 0.05) is 6.42 Å². The second kappa shape index (κ2) is 6.04. The molecule has 2 rings (SSSR count). The highest BCUT2D eigenvalue weighted by Gasteiger charge is 2.22. The van der Waals surface area contributed by atoms with Gasteiger partial charge >= 0.3 is 0 Å². The van der Waals surface area contributed by atoms with Crippen molar-refractivity contribution in [2.45, 2.75) is 46.0 Å².